The van der Waals surface area contributed by atoms with Crippen LogP contribution < -0.4 is 10.1 Å². The van der Waals surface area contributed by atoms with Crippen LogP contribution in [0.3, 0.4) is 0 Å². The molecular formula is C23H22F3N5O. The summed E-state index contributed by atoms with van der Waals surface area (Å²) in [5.41, 5.74) is 1.66. The minimum Gasteiger partial charge on any atom is -0.496 e. The molecule has 6 nitrogen and oxygen atoms in total. The van der Waals surface area contributed by atoms with Crippen LogP contribution in [0.15, 0.2) is 42.6 Å². The second-order valence-electron chi connectivity index (χ2n) is 7.48. The lowest BCUT2D eigenvalue weighted by Gasteiger charge is -2.19. The van der Waals surface area contributed by atoms with E-state index >= 15 is 0 Å². The lowest BCUT2D eigenvalue weighted by atomic mass is 10.0. The van der Waals surface area contributed by atoms with Gasteiger partial charge in [-0.2, -0.15) is 5.10 Å². The van der Waals surface area contributed by atoms with E-state index in [1.54, 1.807) is 31.7 Å². The molecule has 0 aliphatic rings. The Labute approximate surface area is 183 Å². The Morgan fingerprint density at radius 1 is 1.09 bits per heavy atom. The first-order valence-corrected chi connectivity index (χ1v) is 9.98. The number of hydrogen-bond donors (Lipinski definition) is 1. The van der Waals surface area contributed by atoms with Crippen molar-refractivity contribution in [3.05, 3.63) is 65.4 Å². The first kappa shape index (κ1) is 21.6. The van der Waals surface area contributed by atoms with E-state index in [1.165, 1.54) is 12.1 Å². The molecule has 0 aliphatic heterocycles. The third-order valence-electron chi connectivity index (χ3n) is 5.23. The number of aryl methyl sites for hydroxylation is 2. The Balaban J connectivity index is 1.79. The highest BCUT2D eigenvalue weighted by atomic mass is 19.3. The van der Waals surface area contributed by atoms with Gasteiger partial charge in [-0.1, -0.05) is 18.2 Å². The maximum absolute atomic E-state index is 14.6. The molecule has 0 fully saturated rings. The molecule has 0 bridgehead atoms. The lowest BCUT2D eigenvalue weighted by Crippen LogP contribution is -2.12. The zero-order valence-electron chi connectivity index (χ0n) is 18.0. The molecule has 0 radical (unpaired) electrons. The number of ether oxygens (including phenoxy) is 1. The molecule has 4 rings (SSSR count). The third-order valence-corrected chi connectivity index (χ3v) is 5.23. The standard InChI is InChI=1S/C23H22F3N5O/c1-12(14-6-5-7-15(21(14)24)22(25)26)27-23-17-11-20(32-4)16(18-8-9-31(3)30-18)10-19(17)28-13(2)29-23/h5-12,22H,1-4H3,(H,27,28,29)/t12-/m1/s1. The summed E-state index contributed by atoms with van der Waals surface area (Å²) in [5, 5.41) is 8.25. The minimum atomic E-state index is -2.89. The van der Waals surface area contributed by atoms with Crippen LogP contribution >= 0.6 is 0 Å². The van der Waals surface area contributed by atoms with Gasteiger partial charge in [0, 0.05) is 29.8 Å². The number of nitrogens with one attached hydrogen (secondary N) is 1. The molecule has 0 spiro atoms. The average molecular weight is 441 g/mol. The van der Waals surface area contributed by atoms with Gasteiger partial charge in [-0.05, 0) is 32.0 Å². The van der Waals surface area contributed by atoms with Gasteiger partial charge in [-0.3, -0.25) is 4.68 Å². The Morgan fingerprint density at radius 3 is 2.50 bits per heavy atom. The zero-order valence-corrected chi connectivity index (χ0v) is 18.0. The molecule has 4 aromatic rings. The Hall–Kier alpha value is -3.62. The largest absolute Gasteiger partial charge is 0.496 e. The summed E-state index contributed by atoms with van der Waals surface area (Å²) in [6, 6.07) is 8.90. The predicted molar refractivity (Wildman–Crippen MR) is 116 cm³/mol. The SMILES string of the molecule is COc1cc2c(N[C@H](C)c3cccc(C(F)F)c3F)nc(C)nc2cc1-c1ccn(C)n1. The topological polar surface area (TPSA) is 64.9 Å². The fourth-order valence-electron chi connectivity index (χ4n) is 3.66. The number of hydrogen-bond acceptors (Lipinski definition) is 5. The summed E-state index contributed by atoms with van der Waals surface area (Å²) < 4.78 is 48.2. The van der Waals surface area contributed by atoms with E-state index in [0.717, 1.165) is 17.3 Å². The number of alkyl halides is 2. The van der Waals surface area contributed by atoms with E-state index in [2.05, 4.69) is 20.4 Å². The van der Waals surface area contributed by atoms with Crippen molar-refractivity contribution in [2.24, 2.45) is 7.05 Å². The van der Waals surface area contributed by atoms with Crippen molar-refractivity contribution < 1.29 is 17.9 Å². The first-order valence-electron chi connectivity index (χ1n) is 9.98. The molecule has 0 saturated heterocycles. The fourth-order valence-corrected chi connectivity index (χ4v) is 3.66. The number of nitrogens with zero attached hydrogens (tertiary/aromatic N) is 4. The smallest absolute Gasteiger partial charge is 0.266 e. The number of rotatable bonds is 6. The number of halogens is 3. The Morgan fingerprint density at radius 2 is 1.84 bits per heavy atom. The second-order valence-corrected chi connectivity index (χ2v) is 7.48. The molecule has 0 unspecified atom stereocenters. The highest BCUT2D eigenvalue weighted by Gasteiger charge is 2.21. The van der Waals surface area contributed by atoms with Crippen molar-refractivity contribution in [2.45, 2.75) is 26.3 Å². The van der Waals surface area contributed by atoms with Crippen LogP contribution in [0.2, 0.25) is 0 Å². The average Bonchev–Trinajstić information content (AvgIpc) is 3.18. The maximum Gasteiger partial charge on any atom is 0.266 e. The van der Waals surface area contributed by atoms with Gasteiger partial charge in [0.25, 0.3) is 6.43 Å². The molecule has 2 aromatic carbocycles. The van der Waals surface area contributed by atoms with Gasteiger partial charge in [0.2, 0.25) is 0 Å². The summed E-state index contributed by atoms with van der Waals surface area (Å²) in [4.78, 5) is 8.99. The summed E-state index contributed by atoms with van der Waals surface area (Å²) in [5.74, 6) is 0.608. The molecular weight excluding hydrogens is 419 g/mol. The van der Waals surface area contributed by atoms with Gasteiger partial charge in [0.1, 0.15) is 23.2 Å². The summed E-state index contributed by atoms with van der Waals surface area (Å²) in [6.45, 7) is 3.44. The van der Waals surface area contributed by atoms with E-state index in [-0.39, 0.29) is 5.56 Å². The van der Waals surface area contributed by atoms with Crippen molar-refractivity contribution in [1.29, 1.82) is 0 Å². The number of anilines is 1. The third kappa shape index (κ3) is 3.98. The van der Waals surface area contributed by atoms with Crippen LogP contribution in [0, 0.1) is 12.7 Å². The van der Waals surface area contributed by atoms with Gasteiger partial charge in [0.05, 0.1) is 29.9 Å². The van der Waals surface area contributed by atoms with Crippen LogP contribution in [0.5, 0.6) is 5.75 Å². The Bertz CT molecular complexity index is 1290. The van der Waals surface area contributed by atoms with Crippen molar-refractivity contribution >= 4 is 16.7 Å². The monoisotopic (exact) mass is 441 g/mol. The van der Waals surface area contributed by atoms with Crippen molar-refractivity contribution in [2.75, 3.05) is 12.4 Å². The van der Waals surface area contributed by atoms with Gasteiger partial charge >= 0.3 is 0 Å². The molecule has 2 aromatic heterocycles. The number of fused-ring (bicyclic) bond motifs is 1. The predicted octanol–water partition coefficient (Wildman–Crippen LogP) is 5.60. The first-order chi connectivity index (χ1) is 15.3. The summed E-state index contributed by atoms with van der Waals surface area (Å²) in [7, 11) is 3.39. The van der Waals surface area contributed by atoms with Crippen LogP contribution in [-0.4, -0.2) is 26.9 Å². The van der Waals surface area contributed by atoms with Gasteiger partial charge < -0.3 is 10.1 Å². The van der Waals surface area contributed by atoms with E-state index < -0.39 is 23.8 Å². The van der Waals surface area contributed by atoms with Gasteiger partial charge in [-0.25, -0.2) is 23.1 Å². The quantitative estimate of drug-likeness (QED) is 0.422. The van der Waals surface area contributed by atoms with E-state index in [0.29, 0.717) is 28.3 Å². The zero-order chi connectivity index (χ0) is 23.0. The van der Waals surface area contributed by atoms with Crippen molar-refractivity contribution in [3.63, 3.8) is 0 Å². The molecule has 9 heteroatoms. The molecule has 0 saturated carbocycles. The molecule has 32 heavy (non-hydrogen) atoms. The minimum absolute atomic E-state index is 0.129. The molecule has 1 atom stereocenters. The molecule has 2 heterocycles. The van der Waals surface area contributed by atoms with Crippen LogP contribution in [0.1, 0.15) is 36.3 Å². The van der Waals surface area contributed by atoms with E-state index in [4.69, 9.17) is 4.74 Å². The fraction of sp³-hybridized carbons (Fsp3) is 0.261. The number of aromatic nitrogens is 4. The second kappa shape index (κ2) is 8.49. The molecule has 166 valence electrons. The number of methoxy groups -OCH3 is 1. The van der Waals surface area contributed by atoms with Crippen molar-refractivity contribution in [3.8, 4) is 17.0 Å². The summed E-state index contributed by atoms with van der Waals surface area (Å²) in [6.07, 6.45) is -1.06. The maximum atomic E-state index is 14.6. The Kier molecular flexibility index (Phi) is 5.73. The highest BCUT2D eigenvalue weighted by Crippen LogP contribution is 2.36. The van der Waals surface area contributed by atoms with Crippen LogP contribution in [0.4, 0.5) is 19.0 Å². The van der Waals surface area contributed by atoms with Crippen molar-refractivity contribution in [1.82, 2.24) is 19.7 Å². The van der Waals surface area contributed by atoms with Crippen LogP contribution in [-0.2, 0) is 7.05 Å². The molecule has 0 aliphatic carbocycles. The normalized spacial score (nSPS) is 12.4. The summed E-state index contributed by atoms with van der Waals surface area (Å²) >= 11 is 0. The highest BCUT2D eigenvalue weighted by molar-refractivity contribution is 5.94. The molecule has 1 N–H and O–H groups in total. The van der Waals surface area contributed by atoms with Gasteiger partial charge in [0.15, 0.2) is 0 Å². The molecule has 0 amide bonds. The van der Waals surface area contributed by atoms with Gasteiger partial charge in [-0.15, -0.1) is 0 Å². The lowest BCUT2D eigenvalue weighted by molar-refractivity contribution is 0.146. The van der Waals surface area contributed by atoms with Crippen LogP contribution in [0.25, 0.3) is 22.2 Å². The number of benzene rings is 2. The van der Waals surface area contributed by atoms with E-state index in [9.17, 15) is 13.2 Å². The van der Waals surface area contributed by atoms with E-state index in [1.807, 2.05) is 25.4 Å².